The Morgan fingerprint density at radius 1 is 1.32 bits per heavy atom. The van der Waals surface area contributed by atoms with Crippen LogP contribution in [0.15, 0.2) is 6.20 Å². The van der Waals surface area contributed by atoms with Crippen LogP contribution < -0.4 is 4.90 Å². The number of carbonyl (C=O) groups excluding carboxylic acids is 1. The third kappa shape index (κ3) is 2.16. The van der Waals surface area contributed by atoms with Crippen LogP contribution in [0.5, 0.6) is 0 Å². The highest BCUT2D eigenvalue weighted by molar-refractivity contribution is 5.87. The van der Waals surface area contributed by atoms with Crippen LogP contribution in [0.3, 0.4) is 0 Å². The van der Waals surface area contributed by atoms with Gasteiger partial charge >= 0.3 is 6.09 Å². The van der Waals surface area contributed by atoms with E-state index in [1.807, 2.05) is 6.20 Å². The highest BCUT2D eigenvalue weighted by Crippen LogP contribution is 2.28. The third-order valence-corrected chi connectivity index (χ3v) is 3.59. The Hall–Kier alpha value is -1.69. The Morgan fingerprint density at radius 2 is 2.11 bits per heavy atom. The molecule has 1 fully saturated rings. The molecule has 0 bridgehead atoms. The second-order valence-corrected chi connectivity index (χ2v) is 5.93. The average molecular weight is 262 g/mol. The number of hydrogen-bond acceptors (Lipinski definition) is 5. The number of ether oxygens (including phenoxy) is 1. The molecule has 1 saturated heterocycles. The molecule has 3 heterocycles. The van der Waals surface area contributed by atoms with Crippen molar-refractivity contribution in [1.82, 2.24) is 14.9 Å². The van der Waals surface area contributed by atoms with Gasteiger partial charge in [-0.25, -0.2) is 19.7 Å². The van der Waals surface area contributed by atoms with Crippen LogP contribution in [-0.4, -0.2) is 39.7 Å². The van der Waals surface area contributed by atoms with Gasteiger partial charge in [-0.15, -0.1) is 0 Å². The van der Waals surface area contributed by atoms with Gasteiger partial charge in [0.25, 0.3) is 0 Å². The van der Waals surface area contributed by atoms with E-state index in [1.54, 1.807) is 0 Å². The Bertz CT molecular complexity index is 524. The summed E-state index contributed by atoms with van der Waals surface area (Å²) < 4.78 is 4.91. The number of anilines is 1. The van der Waals surface area contributed by atoms with Crippen LogP contribution in [0, 0.1) is 0 Å². The summed E-state index contributed by atoms with van der Waals surface area (Å²) >= 11 is 0. The summed E-state index contributed by atoms with van der Waals surface area (Å²) in [5.41, 5.74) is 2.26. The lowest BCUT2D eigenvalue weighted by atomic mass is 10.1. The van der Waals surface area contributed by atoms with Gasteiger partial charge in [0.2, 0.25) is 5.95 Å². The summed E-state index contributed by atoms with van der Waals surface area (Å²) in [7, 11) is 0. The Morgan fingerprint density at radius 3 is 2.74 bits per heavy atom. The molecular formula is C13H18N4O2. The van der Waals surface area contributed by atoms with Gasteiger partial charge in [-0.1, -0.05) is 0 Å². The lowest BCUT2D eigenvalue weighted by molar-refractivity contribution is 0.135. The van der Waals surface area contributed by atoms with Gasteiger partial charge in [0.1, 0.15) is 6.61 Å². The fraction of sp³-hybridized carbons (Fsp3) is 0.615. The number of nitrogens with zero attached hydrogens (tertiary/aromatic N) is 4. The summed E-state index contributed by atoms with van der Waals surface area (Å²) in [6, 6.07) is 0. The molecule has 6 nitrogen and oxygen atoms in total. The largest absolute Gasteiger partial charge is 0.447 e. The van der Waals surface area contributed by atoms with E-state index >= 15 is 0 Å². The van der Waals surface area contributed by atoms with E-state index in [2.05, 4.69) is 35.6 Å². The van der Waals surface area contributed by atoms with Crippen molar-refractivity contribution < 1.29 is 9.53 Å². The van der Waals surface area contributed by atoms with Gasteiger partial charge in [0.15, 0.2) is 0 Å². The Balaban J connectivity index is 1.85. The molecule has 0 spiro atoms. The predicted octanol–water partition coefficient (Wildman–Crippen LogP) is 1.55. The lowest BCUT2D eigenvalue weighted by Gasteiger charge is -2.30. The number of hydrogen-bond donors (Lipinski definition) is 0. The predicted molar refractivity (Wildman–Crippen MR) is 69.7 cm³/mol. The van der Waals surface area contributed by atoms with Gasteiger partial charge in [-0.3, -0.25) is 4.90 Å². The number of amides is 1. The molecular weight excluding hydrogens is 244 g/mol. The van der Waals surface area contributed by atoms with Crippen molar-refractivity contribution in [3.05, 3.63) is 17.5 Å². The van der Waals surface area contributed by atoms with Crippen molar-refractivity contribution >= 4 is 12.0 Å². The zero-order chi connectivity index (χ0) is 13.6. The first-order chi connectivity index (χ1) is 8.95. The Labute approximate surface area is 112 Å². The van der Waals surface area contributed by atoms with E-state index in [1.165, 1.54) is 4.90 Å². The second kappa shape index (κ2) is 4.16. The SMILES string of the molecule is CC(C)(C)N1Cc2cnc(N3CCOC3=O)nc2C1. The summed E-state index contributed by atoms with van der Waals surface area (Å²) in [5.74, 6) is 0.456. The molecule has 6 heteroatoms. The highest BCUT2D eigenvalue weighted by Gasteiger charge is 2.31. The molecule has 1 aromatic heterocycles. The minimum Gasteiger partial charge on any atom is -0.447 e. The quantitative estimate of drug-likeness (QED) is 0.768. The summed E-state index contributed by atoms with van der Waals surface area (Å²) in [6.07, 6.45) is 1.47. The van der Waals surface area contributed by atoms with Crippen LogP contribution in [0.1, 0.15) is 32.0 Å². The molecule has 0 radical (unpaired) electrons. The molecule has 0 aromatic carbocycles. The van der Waals surface area contributed by atoms with Gasteiger partial charge < -0.3 is 4.74 Å². The maximum absolute atomic E-state index is 11.5. The van der Waals surface area contributed by atoms with E-state index in [4.69, 9.17) is 4.74 Å². The number of fused-ring (bicyclic) bond motifs is 1. The zero-order valence-corrected chi connectivity index (χ0v) is 11.5. The highest BCUT2D eigenvalue weighted by atomic mass is 16.6. The maximum atomic E-state index is 11.5. The standard InChI is InChI=1S/C13H18N4O2/c1-13(2,3)16-7-9-6-14-11(15-10(9)8-16)17-4-5-19-12(17)18/h6H,4-5,7-8H2,1-3H3. The van der Waals surface area contributed by atoms with Crippen molar-refractivity contribution in [1.29, 1.82) is 0 Å². The molecule has 0 unspecified atom stereocenters. The van der Waals surface area contributed by atoms with Crippen molar-refractivity contribution in [2.24, 2.45) is 0 Å². The normalized spacial score (nSPS) is 19.7. The molecule has 102 valence electrons. The van der Waals surface area contributed by atoms with Gasteiger partial charge in [-0.05, 0) is 20.8 Å². The van der Waals surface area contributed by atoms with Crippen molar-refractivity contribution in [3.8, 4) is 0 Å². The first kappa shape index (κ1) is 12.3. The molecule has 1 amide bonds. The molecule has 2 aliphatic rings. The molecule has 0 N–H and O–H groups in total. The second-order valence-electron chi connectivity index (χ2n) is 5.93. The number of rotatable bonds is 1. The molecule has 0 saturated carbocycles. The summed E-state index contributed by atoms with van der Waals surface area (Å²) in [4.78, 5) is 24.2. The molecule has 19 heavy (non-hydrogen) atoms. The minimum absolute atomic E-state index is 0.105. The van der Waals surface area contributed by atoms with Crippen molar-refractivity contribution in [2.75, 3.05) is 18.1 Å². The minimum atomic E-state index is -0.356. The van der Waals surface area contributed by atoms with E-state index in [0.717, 1.165) is 24.3 Å². The molecule has 1 aromatic rings. The molecule has 0 aliphatic carbocycles. The first-order valence-electron chi connectivity index (χ1n) is 6.49. The number of aromatic nitrogens is 2. The molecule has 3 rings (SSSR count). The van der Waals surface area contributed by atoms with Gasteiger partial charge in [0, 0.05) is 30.4 Å². The topological polar surface area (TPSA) is 58.6 Å². The fourth-order valence-corrected chi connectivity index (χ4v) is 2.32. The van der Waals surface area contributed by atoms with Gasteiger partial charge in [0.05, 0.1) is 12.2 Å². The van der Waals surface area contributed by atoms with Gasteiger partial charge in [-0.2, -0.15) is 0 Å². The van der Waals surface area contributed by atoms with Crippen LogP contribution in [0.4, 0.5) is 10.7 Å². The summed E-state index contributed by atoms with van der Waals surface area (Å²) in [5, 5.41) is 0. The molecule has 0 atom stereocenters. The maximum Gasteiger partial charge on any atom is 0.416 e. The number of carbonyl (C=O) groups is 1. The fourth-order valence-electron chi connectivity index (χ4n) is 2.32. The first-order valence-corrected chi connectivity index (χ1v) is 6.49. The number of cyclic esters (lactones) is 1. The van der Waals surface area contributed by atoms with E-state index in [9.17, 15) is 4.79 Å². The van der Waals surface area contributed by atoms with Crippen LogP contribution in [-0.2, 0) is 17.8 Å². The summed E-state index contributed by atoms with van der Waals surface area (Å²) in [6.45, 7) is 9.16. The van der Waals surface area contributed by atoms with E-state index < -0.39 is 0 Å². The average Bonchev–Trinajstić information content (AvgIpc) is 2.92. The van der Waals surface area contributed by atoms with Crippen molar-refractivity contribution in [3.63, 3.8) is 0 Å². The lowest BCUT2D eigenvalue weighted by Crippen LogP contribution is -2.36. The van der Waals surface area contributed by atoms with Crippen LogP contribution in [0.25, 0.3) is 0 Å². The van der Waals surface area contributed by atoms with Crippen LogP contribution >= 0.6 is 0 Å². The van der Waals surface area contributed by atoms with E-state index in [-0.39, 0.29) is 11.6 Å². The monoisotopic (exact) mass is 262 g/mol. The van der Waals surface area contributed by atoms with Crippen LogP contribution in [0.2, 0.25) is 0 Å². The smallest absolute Gasteiger partial charge is 0.416 e. The van der Waals surface area contributed by atoms with Crippen molar-refractivity contribution in [2.45, 2.75) is 39.4 Å². The van der Waals surface area contributed by atoms with E-state index in [0.29, 0.717) is 19.1 Å². The third-order valence-electron chi connectivity index (χ3n) is 3.59. The Kier molecular flexibility index (Phi) is 2.70. The zero-order valence-electron chi connectivity index (χ0n) is 11.5. The molecule has 2 aliphatic heterocycles.